The third-order valence-electron chi connectivity index (χ3n) is 1.95. The lowest BCUT2D eigenvalue weighted by Crippen LogP contribution is -2.11. The van der Waals surface area contributed by atoms with Gasteiger partial charge in [0, 0.05) is 0 Å². The number of nitrogens with one attached hydrogen (secondary N) is 1. The number of carbonyl (C=O) groups excluding carboxylic acids is 1. The molecular weight excluding hydrogens is 170 g/mol. The fraction of sp³-hybridized carbons (Fsp3) is 0.222. The number of aromatic hydroxyl groups is 1. The first-order valence-corrected chi connectivity index (χ1v) is 3.99. The molecule has 1 saturated heterocycles. The van der Waals surface area contributed by atoms with Gasteiger partial charge in [-0.25, -0.2) is 5.48 Å². The van der Waals surface area contributed by atoms with Crippen LogP contribution in [0, 0.1) is 0 Å². The van der Waals surface area contributed by atoms with E-state index >= 15 is 0 Å². The Morgan fingerprint density at radius 1 is 1.38 bits per heavy atom. The third kappa shape index (κ3) is 1.62. The molecule has 0 aliphatic carbocycles. The van der Waals surface area contributed by atoms with Crippen LogP contribution in [0.25, 0.3) is 0 Å². The van der Waals surface area contributed by atoms with Gasteiger partial charge in [0.25, 0.3) is 0 Å². The van der Waals surface area contributed by atoms with Crippen molar-refractivity contribution in [1.82, 2.24) is 5.48 Å². The summed E-state index contributed by atoms with van der Waals surface area (Å²) in [5.74, 6) is 0.0964. The minimum absolute atomic E-state index is 0.113. The number of hydroxylamine groups is 1. The second-order valence-corrected chi connectivity index (χ2v) is 2.93. The van der Waals surface area contributed by atoms with Gasteiger partial charge in [-0.3, -0.25) is 9.63 Å². The van der Waals surface area contributed by atoms with Gasteiger partial charge in [-0.1, -0.05) is 12.1 Å². The van der Waals surface area contributed by atoms with E-state index in [9.17, 15) is 4.79 Å². The van der Waals surface area contributed by atoms with Crippen molar-refractivity contribution in [1.29, 1.82) is 0 Å². The molecule has 1 fully saturated rings. The van der Waals surface area contributed by atoms with E-state index in [2.05, 4.69) is 5.48 Å². The lowest BCUT2D eigenvalue weighted by atomic mass is 10.1. The highest BCUT2D eigenvalue weighted by Crippen LogP contribution is 2.25. The zero-order valence-electron chi connectivity index (χ0n) is 6.86. The predicted octanol–water partition coefficient (Wildman–Crippen LogP) is 0.885. The van der Waals surface area contributed by atoms with Crippen LogP contribution >= 0.6 is 0 Å². The Hall–Kier alpha value is -1.55. The molecule has 0 saturated carbocycles. The van der Waals surface area contributed by atoms with Gasteiger partial charge in [-0.15, -0.1) is 0 Å². The van der Waals surface area contributed by atoms with Crippen molar-refractivity contribution in [3.8, 4) is 5.75 Å². The summed E-state index contributed by atoms with van der Waals surface area (Å²) in [6.07, 6.45) is 0.109. The molecule has 4 nitrogen and oxygen atoms in total. The normalized spacial score (nSPS) is 21.5. The second kappa shape index (κ2) is 3.06. The molecule has 1 atom stereocenters. The minimum Gasteiger partial charge on any atom is -0.508 e. The van der Waals surface area contributed by atoms with E-state index in [0.717, 1.165) is 5.56 Å². The molecule has 0 bridgehead atoms. The van der Waals surface area contributed by atoms with Gasteiger partial charge in [-0.2, -0.15) is 0 Å². The smallest absolute Gasteiger partial charge is 0.246 e. The van der Waals surface area contributed by atoms with Gasteiger partial charge in [0.15, 0.2) is 0 Å². The summed E-state index contributed by atoms with van der Waals surface area (Å²) < 4.78 is 0. The van der Waals surface area contributed by atoms with E-state index in [4.69, 9.17) is 9.94 Å². The Morgan fingerprint density at radius 3 is 2.62 bits per heavy atom. The molecule has 0 aromatic heterocycles. The number of amides is 1. The molecule has 0 radical (unpaired) electrons. The molecule has 4 heteroatoms. The largest absolute Gasteiger partial charge is 0.508 e. The summed E-state index contributed by atoms with van der Waals surface area (Å²) in [4.78, 5) is 15.8. The molecule has 2 N–H and O–H groups in total. The van der Waals surface area contributed by atoms with Gasteiger partial charge in [0.2, 0.25) is 5.91 Å². The highest BCUT2D eigenvalue weighted by Gasteiger charge is 2.24. The molecule has 2 rings (SSSR count). The molecular formula is C9H9NO3. The minimum atomic E-state index is -0.229. The zero-order valence-corrected chi connectivity index (χ0v) is 6.86. The van der Waals surface area contributed by atoms with Gasteiger partial charge >= 0.3 is 0 Å². The first-order valence-electron chi connectivity index (χ1n) is 3.99. The quantitative estimate of drug-likeness (QED) is 0.673. The Balaban J connectivity index is 2.17. The van der Waals surface area contributed by atoms with Crippen molar-refractivity contribution in [2.24, 2.45) is 0 Å². The first kappa shape index (κ1) is 8.07. The average Bonchev–Trinajstić information content (AvgIpc) is 2.53. The van der Waals surface area contributed by atoms with E-state index in [1.54, 1.807) is 24.3 Å². The molecule has 1 aliphatic rings. The number of phenolic OH excluding ortho intramolecular Hbond substituents is 1. The Labute approximate surface area is 75.1 Å². The van der Waals surface area contributed by atoms with Crippen LogP contribution in [0.5, 0.6) is 5.75 Å². The van der Waals surface area contributed by atoms with Crippen molar-refractivity contribution in [2.75, 3.05) is 0 Å². The highest BCUT2D eigenvalue weighted by atomic mass is 16.7. The summed E-state index contributed by atoms with van der Waals surface area (Å²) in [6.45, 7) is 0. The summed E-state index contributed by atoms with van der Waals surface area (Å²) >= 11 is 0. The molecule has 1 unspecified atom stereocenters. The lowest BCUT2D eigenvalue weighted by molar-refractivity contribution is -0.124. The monoisotopic (exact) mass is 179 g/mol. The highest BCUT2D eigenvalue weighted by molar-refractivity contribution is 5.77. The Kier molecular flexibility index (Phi) is 1.90. The summed E-state index contributed by atoms with van der Waals surface area (Å²) in [5, 5.41) is 9.03. The predicted molar refractivity (Wildman–Crippen MR) is 44.7 cm³/mol. The van der Waals surface area contributed by atoms with E-state index in [-0.39, 0.29) is 17.8 Å². The van der Waals surface area contributed by atoms with E-state index < -0.39 is 0 Å². The Bertz CT molecular complexity index is 320. The van der Waals surface area contributed by atoms with Gasteiger partial charge in [-0.05, 0) is 17.7 Å². The second-order valence-electron chi connectivity index (χ2n) is 2.93. The van der Waals surface area contributed by atoms with Crippen molar-refractivity contribution in [2.45, 2.75) is 12.5 Å². The maximum atomic E-state index is 10.8. The van der Waals surface area contributed by atoms with Gasteiger partial charge < -0.3 is 5.11 Å². The molecule has 1 aliphatic heterocycles. The zero-order chi connectivity index (χ0) is 9.26. The lowest BCUT2D eigenvalue weighted by Gasteiger charge is -2.06. The van der Waals surface area contributed by atoms with Crippen LogP contribution in [-0.4, -0.2) is 11.0 Å². The van der Waals surface area contributed by atoms with Crippen molar-refractivity contribution < 1.29 is 14.7 Å². The Morgan fingerprint density at radius 2 is 2.08 bits per heavy atom. The van der Waals surface area contributed by atoms with Crippen LogP contribution in [0.3, 0.4) is 0 Å². The third-order valence-corrected chi connectivity index (χ3v) is 1.95. The molecule has 1 aromatic carbocycles. The maximum Gasteiger partial charge on any atom is 0.246 e. The molecule has 1 heterocycles. The number of benzene rings is 1. The topological polar surface area (TPSA) is 58.6 Å². The van der Waals surface area contributed by atoms with Crippen molar-refractivity contribution in [3.05, 3.63) is 29.8 Å². The number of hydrogen-bond donors (Lipinski definition) is 2. The van der Waals surface area contributed by atoms with Crippen LogP contribution < -0.4 is 5.48 Å². The number of carbonyl (C=O) groups is 1. The SMILES string of the molecule is O=C1CC(c2ccc(O)cc2)ON1. The molecule has 1 amide bonds. The number of rotatable bonds is 1. The molecule has 13 heavy (non-hydrogen) atoms. The van der Waals surface area contributed by atoms with E-state index in [1.165, 1.54) is 0 Å². The van der Waals surface area contributed by atoms with Gasteiger partial charge in [0.1, 0.15) is 11.9 Å². The number of hydrogen-bond acceptors (Lipinski definition) is 3. The number of phenols is 1. The van der Waals surface area contributed by atoms with E-state index in [1.807, 2.05) is 0 Å². The van der Waals surface area contributed by atoms with Crippen molar-refractivity contribution in [3.63, 3.8) is 0 Å². The molecule has 68 valence electrons. The van der Waals surface area contributed by atoms with Crippen LogP contribution in [-0.2, 0) is 9.63 Å². The fourth-order valence-corrected chi connectivity index (χ4v) is 1.26. The van der Waals surface area contributed by atoms with Gasteiger partial charge in [0.05, 0.1) is 6.42 Å². The van der Waals surface area contributed by atoms with Crippen LogP contribution in [0.2, 0.25) is 0 Å². The molecule has 0 spiro atoms. The fourth-order valence-electron chi connectivity index (χ4n) is 1.26. The van der Waals surface area contributed by atoms with E-state index in [0.29, 0.717) is 6.42 Å². The van der Waals surface area contributed by atoms with Crippen molar-refractivity contribution >= 4 is 5.91 Å². The van der Waals surface area contributed by atoms with Crippen LogP contribution in [0.1, 0.15) is 18.1 Å². The summed E-state index contributed by atoms with van der Waals surface area (Å²) in [5.41, 5.74) is 3.17. The molecule has 1 aromatic rings. The summed E-state index contributed by atoms with van der Waals surface area (Å²) in [6, 6.07) is 6.61. The van der Waals surface area contributed by atoms with Crippen LogP contribution in [0.4, 0.5) is 0 Å². The average molecular weight is 179 g/mol. The standard InChI is InChI=1S/C9H9NO3/c11-7-3-1-6(2-4-7)8-5-9(12)10-13-8/h1-4,8,11H,5H2,(H,10,12). The first-order chi connectivity index (χ1) is 6.25. The van der Waals surface area contributed by atoms with Crippen LogP contribution in [0.15, 0.2) is 24.3 Å². The maximum absolute atomic E-state index is 10.8. The summed E-state index contributed by atoms with van der Waals surface area (Å²) in [7, 11) is 0.